The van der Waals surface area contributed by atoms with Crippen molar-refractivity contribution in [2.75, 3.05) is 13.2 Å². The van der Waals surface area contributed by atoms with Gasteiger partial charge in [0.2, 0.25) is 0 Å². The zero-order valence-electron chi connectivity index (χ0n) is 9.56. The largest absolute Gasteiger partial charge is 0.348 e. The summed E-state index contributed by atoms with van der Waals surface area (Å²) in [5, 5.41) is 8.45. The van der Waals surface area contributed by atoms with E-state index in [9.17, 15) is 0 Å². The fourth-order valence-corrected chi connectivity index (χ4v) is 1.29. The third-order valence-corrected chi connectivity index (χ3v) is 2.03. The van der Waals surface area contributed by atoms with Gasteiger partial charge in [-0.3, -0.25) is 0 Å². The zero-order valence-corrected chi connectivity index (χ0v) is 9.56. The molecule has 3 nitrogen and oxygen atoms in total. The summed E-state index contributed by atoms with van der Waals surface area (Å²) in [5.41, 5.74) is 0.994. The van der Waals surface area contributed by atoms with Gasteiger partial charge in [0, 0.05) is 12.2 Å². The smallest absolute Gasteiger partial charge is 0.183 e. The van der Waals surface area contributed by atoms with Crippen molar-refractivity contribution in [3.63, 3.8) is 0 Å². The van der Waals surface area contributed by atoms with Gasteiger partial charge in [-0.25, -0.2) is 0 Å². The predicted molar refractivity (Wildman–Crippen MR) is 61.6 cm³/mol. The van der Waals surface area contributed by atoms with Crippen molar-refractivity contribution in [1.82, 2.24) is 0 Å². The maximum Gasteiger partial charge on any atom is 0.183 e. The van der Waals surface area contributed by atoms with Crippen molar-refractivity contribution in [2.24, 2.45) is 0 Å². The molecule has 0 amide bonds. The molecule has 0 heterocycles. The van der Waals surface area contributed by atoms with Crippen molar-refractivity contribution in [3.05, 3.63) is 35.9 Å². The molecule has 0 bridgehead atoms. The Kier molecular flexibility index (Phi) is 6.24. The van der Waals surface area contributed by atoms with Crippen LogP contribution in [0.3, 0.4) is 0 Å². The number of nitriles is 1. The van der Waals surface area contributed by atoms with Crippen LogP contribution in [0.5, 0.6) is 0 Å². The molecule has 0 aromatic heterocycles. The summed E-state index contributed by atoms with van der Waals surface area (Å²) >= 11 is 0. The lowest BCUT2D eigenvalue weighted by Crippen LogP contribution is -2.10. The van der Waals surface area contributed by atoms with Gasteiger partial charge < -0.3 is 9.47 Å². The number of benzene rings is 1. The van der Waals surface area contributed by atoms with Crippen LogP contribution < -0.4 is 0 Å². The van der Waals surface area contributed by atoms with Crippen LogP contribution in [0.1, 0.15) is 31.6 Å². The first-order valence-corrected chi connectivity index (χ1v) is 5.53. The summed E-state index contributed by atoms with van der Waals surface area (Å²) < 4.78 is 11.1. The van der Waals surface area contributed by atoms with Crippen LogP contribution >= 0.6 is 0 Å². The molecule has 0 N–H and O–H groups in total. The van der Waals surface area contributed by atoms with Gasteiger partial charge in [0.05, 0.1) is 19.1 Å². The van der Waals surface area contributed by atoms with E-state index in [2.05, 4.69) is 13.0 Å². The molecule has 0 aliphatic heterocycles. The minimum absolute atomic E-state index is 0.352. The van der Waals surface area contributed by atoms with Gasteiger partial charge in [-0.05, 0) is 6.42 Å². The van der Waals surface area contributed by atoms with Gasteiger partial charge in [0.25, 0.3) is 0 Å². The summed E-state index contributed by atoms with van der Waals surface area (Å²) in [6.45, 7) is 3.11. The summed E-state index contributed by atoms with van der Waals surface area (Å²) in [5.74, 6) is 0. The van der Waals surface area contributed by atoms with E-state index >= 15 is 0 Å². The lowest BCUT2D eigenvalue weighted by Gasteiger charge is -2.17. The third kappa shape index (κ3) is 4.43. The highest BCUT2D eigenvalue weighted by atomic mass is 16.7. The van der Waals surface area contributed by atoms with E-state index in [1.165, 1.54) is 0 Å². The fraction of sp³-hybridized carbons (Fsp3) is 0.462. The predicted octanol–water partition coefficient (Wildman–Crippen LogP) is 3.04. The molecule has 1 aromatic carbocycles. The SMILES string of the molecule is CCCOC(OCCC#N)c1ccccc1. The normalized spacial score (nSPS) is 12.0. The number of nitrogens with zero attached hydrogens (tertiary/aromatic N) is 1. The number of rotatable bonds is 7. The average molecular weight is 219 g/mol. The van der Waals surface area contributed by atoms with Crippen LogP contribution in [0, 0.1) is 11.3 Å². The first-order valence-electron chi connectivity index (χ1n) is 5.53. The van der Waals surface area contributed by atoms with Crippen molar-refractivity contribution >= 4 is 0 Å². The molecule has 0 fully saturated rings. The van der Waals surface area contributed by atoms with Crippen molar-refractivity contribution in [2.45, 2.75) is 26.1 Å². The lowest BCUT2D eigenvalue weighted by molar-refractivity contribution is -0.145. The van der Waals surface area contributed by atoms with E-state index < -0.39 is 0 Å². The molecule has 0 spiro atoms. The fourth-order valence-electron chi connectivity index (χ4n) is 1.29. The molecule has 0 saturated carbocycles. The van der Waals surface area contributed by atoms with E-state index in [1.54, 1.807) is 0 Å². The summed E-state index contributed by atoms with van der Waals surface area (Å²) in [4.78, 5) is 0. The zero-order chi connectivity index (χ0) is 11.6. The highest BCUT2D eigenvalue weighted by Crippen LogP contribution is 2.18. The quantitative estimate of drug-likeness (QED) is 0.523. The van der Waals surface area contributed by atoms with Crippen molar-refractivity contribution < 1.29 is 9.47 Å². The summed E-state index contributed by atoms with van der Waals surface area (Å²) in [6, 6.07) is 11.8. The Bertz CT molecular complexity index is 318. The van der Waals surface area contributed by atoms with Crippen LogP contribution in [0.15, 0.2) is 30.3 Å². The van der Waals surface area contributed by atoms with Gasteiger partial charge in [0.15, 0.2) is 6.29 Å². The van der Waals surface area contributed by atoms with Crippen LogP contribution in [0.2, 0.25) is 0 Å². The average Bonchev–Trinajstić information content (AvgIpc) is 2.35. The first kappa shape index (κ1) is 12.7. The Morgan fingerprint density at radius 1 is 1.19 bits per heavy atom. The van der Waals surface area contributed by atoms with Crippen LogP contribution in [-0.4, -0.2) is 13.2 Å². The summed E-state index contributed by atoms with van der Waals surface area (Å²) in [6.07, 6.45) is 0.985. The monoisotopic (exact) mass is 219 g/mol. The Labute approximate surface area is 96.6 Å². The third-order valence-electron chi connectivity index (χ3n) is 2.03. The molecule has 0 aliphatic rings. The Balaban J connectivity index is 2.53. The minimum atomic E-state index is -0.352. The molecule has 1 rings (SSSR count). The minimum Gasteiger partial charge on any atom is -0.348 e. The molecule has 3 heteroatoms. The van der Waals surface area contributed by atoms with E-state index in [0.29, 0.717) is 19.6 Å². The highest BCUT2D eigenvalue weighted by Gasteiger charge is 2.10. The van der Waals surface area contributed by atoms with Crippen molar-refractivity contribution in [1.29, 1.82) is 5.26 Å². The Hall–Kier alpha value is -1.37. The molecule has 1 unspecified atom stereocenters. The maximum absolute atomic E-state index is 8.45. The molecule has 86 valence electrons. The molecule has 1 aromatic rings. The molecular formula is C13H17NO2. The molecule has 0 aliphatic carbocycles. The molecular weight excluding hydrogens is 202 g/mol. The number of hydrogen-bond donors (Lipinski definition) is 0. The topological polar surface area (TPSA) is 42.2 Å². The Morgan fingerprint density at radius 3 is 2.50 bits per heavy atom. The van der Waals surface area contributed by atoms with Gasteiger partial charge in [-0.2, -0.15) is 5.26 Å². The van der Waals surface area contributed by atoms with Gasteiger partial charge in [0.1, 0.15) is 0 Å². The number of hydrogen-bond acceptors (Lipinski definition) is 3. The maximum atomic E-state index is 8.45. The molecule has 0 saturated heterocycles. The van der Waals surface area contributed by atoms with Crippen LogP contribution in [0.4, 0.5) is 0 Å². The van der Waals surface area contributed by atoms with Gasteiger partial charge in [-0.1, -0.05) is 37.3 Å². The van der Waals surface area contributed by atoms with E-state index in [1.807, 2.05) is 30.3 Å². The van der Waals surface area contributed by atoms with Gasteiger partial charge in [-0.15, -0.1) is 0 Å². The number of ether oxygens (including phenoxy) is 2. The van der Waals surface area contributed by atoms with Crippen molar-refractivity contribution in [3.8, 4) is 6.07 Å². The summed E-state index contributed by atoms with van der Waals surface area (Å²) in [7, 11) is 0. The van der Waals surface area contributed by atoms with E-state index in [0.717, 1.165) is 12.0 Å². The highest BCUT2D eigenvalue weighted by molar-refractivity contribution is 5.15. The van der Waals surface area contributed by atoms with E-state index in [4.69, 9.17) is 14.7 Å². The second kappa shape index (κ2) is 7.86. The Morgan fingerprint density at radius 2 is 1.88 bits per heavy atom. The molecule has 16 heavy (non-hydrogen) atoms. The second-order valence-corrected chi connectivity index (χ2v) is 3.39. The first-order chi connectivity index (χ1) is 7.88. The van der Waals surface area contributed by atoms with Crippen LogP contribution in [-0.2, 0) is 9.47 Å². The van der Waals surface area contributed by atoms with Crippen LogP contribution in [0.25, 0.3) is 0 Å². The van der Waals surface area contributed by atoms with E-state index in [-0.39, 0.29) is 6.29 Å². The molecule has 0 radical (unpaired) electrons. The van der Waals surface area contributed by atoms with Gasteiger partial charge >= 0.3 is 0 Å². The standard InChI is InChI=1S/C13H17NO2/c1-2-10-15-13(16-11-6-9-14)12-7-4-3-5-8-12/h3-5,7-8,13H,2,6,10-11H2,1H3. The lowest BCUT2D eigenvalue weighted by atomic mass is 10.2. The second-order valence-electron chi connectivity index (χ2n) is 3.39. The molecule has 1 atom stereocenters.